The normalized spacial score (nSPS) is 20.9. The van der Waals surface area contributed by atoms with Crippen LogP contribution in [0, 0.1) is 0 Å². The number of carbonyl (C=O) groups excluding carboxylic acids is 2. The van der Waals surface area contributed by atoms with Crippen molar-refractivity contribution in [2.75, 3.05) is 33.4 Å². The highest BCUT2D eigenvalue weighted by molar-refractivity contribution is 5.87. The van der Waals surface area contributed by atoms with E-state index in [1.54, 1.807) is 13.0 Å². The lowest BCUT2D eigenvalue weighted by Crippen LogP contribution is -2.54. The van der Waals surface area contributed by atoms with E-state index >= 15 is 0 Å². The van der Waals surface area contributed by atoms with E-state index in [0.717, 1.165) is 0 Å². The van der Waals surface area contributed by atoms with Gasteiger partial charge in [0.15, 0.2) is 0 Å². The molecule has 0 saturated carbocycles. The zero-order valence-corrected chi connectivity index (χ0v) is 12.6. The number of esters is 1. The molecule has 6 heteroatoms. The summed E-state index contributed by atoms with van der Waals surface area (Å²) >= 11 is 0. The summed E-state index contributed by atoms with van der Waals surface area (Å²) in [7, 11) is 1.35. The zero-order chi connectivity index (χ0) is 15.1. The largest absolute Gasteiger partial charge is 0.466 e. The molecule has 1 saturated heterocycles. The highest BCUT2D eigenvalue weighted by atomic mass is 16.5. The van der Waals surface area contributed by atoms with Crippen LogP contribution in [0.2, 0.25) is 0 Å². The molecule has 1 atom stereocenters. The second-order valence-electron chi connectivity index (χ2n) is 5.13. The van der Waals surface area contributed by atoms with Crippen LogP contribution in [0.4, 0.5) is 0 Å². The standard InChI is InChI=1S/C14H24N2O4/c1-10(2)15-13(17)12-9-20-8-7-16(12)6-5-11(3)14(18)19-4/h5,10,12H,6-9H2,1-4H3,(H,15,17). The summed E-state index contributed by atoms with van der Waals surface area (Å²) in [5, 5.41) is 2.89. The number of amides is 1. The van der Waals surface area contributed by atoms with Gasteiger partial charge in [0.1, 0.15) is 6.04 Å². The Bertz CT molecular complexity index is 379. The van der Waals surface area contributed by atoms with E-state index in [2.05, 4.69) is 10.1 Å². The zero-order valence-electron chi connectivity index (χ0n) is 12.6. The average molecular weight is 284 g/mol. The molecular weight excluding hydrogens is 260 g/mol. The first-order valence-electron chi connectivity index (χ1n) is 6.83. The molecule has 0 spiro atoms. The first kappa shape index (κ1) is 16.7. The van der Waals surface area contributed by atoms with Crippen molar-refractivity contribution in [2.24, 2.45) is 0 Å². The van der Waals surface area contributed by atoms with Gasteiger partial charge in [-0.15, -0.1) is 0 Å². The SMILES string of the molecule is COC(=O)C(C)=CCN1CCOCC1C(=O)NC(C)C. The first-order chi connectivity index (χ1) is 9.45. The van der Waals surface area contributed by atoms with Crippen molar-refractivity contribution in [3.8, 4) is 0 Å². The van der Waals surface area contributed by atoms with Gasteiger partial charge in [0.05, 0.1) is 20.3 Å². The van der Waals surface area contributed by atoms with Crippen molar-refractivity contribution in [3.63, 3.8) is 0 Å². The Balaban J connectivity index is 2.65. The van der Waals surface area contributed by atoms with Gasteiger partial charge in [-0.2, -0.15) is 0 Å². The van der Waals surface area contributed by atoms with Gasteiger partial charge in [0.2, 0.25) is 5.91 Å². The lowest BCUT2D eigenvalue weighted by Gasteiger charge is -2.34. The van der Waals surface area contributed by atoms with Gasteiger partial charge in [-0.25, -0.2) is 4.79 Å². The van der Waals surface area contributed by atoms with Crippen LogP contribution >= 0.6 is 0 Å². The van der Waals surface area contributed by atoms with Crippen LogP contribution in [-0.2, 0) is 19.1 Å². The van der Waals surface area contributed by atoms with Gasteiger partial charge in [-0.05, 0) is 20.8 Å². The van der Waals surface area contributed by atoms with Crippen molar-refractivity contribution < 1.29 is 19.1 Å². The van der Waals surface area contributed by atoms with E-state index in [9.17, 15) is 9.59 Å². The number of methoxy groups -OCH3 is 1. The van der Waals surface area contributed by atoms with E-state index in [1.165, 1.54) is 7.11 Å². The maximum Gasteiger partial charge on any atom is 0.333 e. The minimum atomic E-state index is -0.346. The Kier molecular flexibility index (Phi) is 6.67. The van der Waals surface area contributed by atoms with Crippen LogP contribution < -0.4 is 5.32 Å². The van der Waals surface area contributed by atoms with Crippen LogP contribution in [0.25, 0.3) is 0 Å². The molecule has 1 aliphatic heterocycles. The number of rotatable bonds is 5. The van der Waals surface area contributed by atoms with Gasteiger partial charge in [0, 0.05) is 24.7 Å². The molecule has 0 aromatic rings. The minimum absolute atomic E-state index is 0.0381. The molecule has 0 aromatic heterocycles. The number of hydrogen-bond donors (Lipinski definition) is 1. The third kappa shape index (κ3) is 4.94. The summed E-state index contributed by atoms with van der Waals surface area (Å²) in [6.07, 6.45) is 1.78. The Morgan fingerprint density at radius 2 is 2.20 bits per heavy atom. The summed E-state index contributed by atoms with van der Waals surface area (Å²) in [5.41, 5.74) is 0.544. The predicted molar refractivity (Wildman–Crippen MR) is 75.2 cm³/mol. The van der Waals surface area contributed by atoms with Crippen molar-refractivity contribution in [1.82, 2.24) is 10.2 Å². The highest BCUT2D eigenvalue weighted by Gasteiger charge is 2.29. The maximum atomic E-state index is 12.1. The first-order valence-corrected chi connectivity index (χ1v) is 6.83. The fourth-order valence-electron chi connectivity index (χ4n) is 1.98. The van der Waals surface area contributed by atoms with Gasteiger partial charge >= 0.3 is 5.97 Å². The van der Waals surface area contributed by atoms with Crippen LogP contribution in [-0.4, -0.2) is 62.3 Å². The molecule has 1 N–H and O–H groups in total. The Morgan fingerprint density at radius 1 is 1.50 bits per heavy atom. The number of hydrogen-bond acceptors (Lipinski definition) is 5. The molecule has 114 valence electrons. The number of ether oxygens (including phenoxy) is 2. The summed E-state index contributed by atoms with van der Waals surface area (Å²) in [5.74, 6) is -0.384. The smallest absolute Gasteiger partial charge is 0.333 e. The quantitative estimate of drug-likeness (QED) is 0.582. The molecule has 0 aromatic carbocycles. The van der Waals surface area contributed by atoms with Crippen LogP contribution in [0.5, 0.6) is 0 Å². The number of nitrogens with one attached hydrogen (secondary N) is 1. The summed E-state index contributed by atoms with van der Waals surface area (Å²) in [6.45, 7) is 7.72. The van der Waals surface area contributed by atoms with E-state index in [0.29, 0.717) is 31.9 Å². The Labute approximate surface area is 120 Å². The lowest BCUT2D eigenvalue weighted by molar-refractivity contribution is -0.136. The minimum Gasteiger partial charge on any atom is -0.466 e. The summed E-state index contributed by atoms with van der Waals surface area (Å²) in [6, 6.07) is -0.216. The molecule has 0 aliphatic carbocycles. The van der Waals surface area contributed by atoms with Gasteiger partial charge in [-0.3, -0.25) is 9.69 Å². The molecule has 1 aliphatic rings. The van der Waals surface area contributed by atoms with Crippen LogP contribution in [0.15, 0.2) is 11.6 Å². The fourth-order valence-corrected chi connectivity index (χ4v) is 1.98. The van der Waals surface area contributed by atoms with Crippen molar-refractivity contribution in [1.29, 1.82) is 0 Å². The van der Waals surface area contributed by atoms with Crippen molar-refractivity contribution in [3.05, 3.63) is 11.6 Å². The maximum absolute atomic E-state index is 12.1. The molecule has 1 amide bonds. The van der Waals surface area contributed by atoms with Gasteiger partial charge < -0.3 is 14.8 Å². The third-order valence-corrected chi connectivity index (χ3v) is 3.11. The average Bonchev–Trinajstić information content (AvgIpc) is 2.43. The summed E-state index contributed by atoms with van der Waals surface area (Å²) in [4.78, 5) is 25.4. The van der Waals surface area contributed by atoms with Crippen molar-refractivity contribution >= 4 is 11.9 Å². The topological polar surface area (TPSA) is 67.9 Å². The third-order valence-electron chi connectivity index (χ3n) is 3.11. The van der Waals surface area contributed by atoms with Crippen LogP contribution in [0.1, 0.15) is 20.8 Å². The molecule has 1 heterocycles. The number of nitrogens with zero attached hydrogens (tertiary/aromatic N) is 1. The predicted octanol–water partition coefficient (Wildman–Crippen LogP) is 0.331. The van der Waals surface area contributed by atoms with Crippen LogP contribution in [0.3, 0.4) is 0 Å². The number of morpholine rings is 1. The lowest BCUT2D eigenvalue weighted by atomic mass is 10.2. The van der Waals surface area contributed by atoms with E-state index in [4.69, 9.17) is 4.74 Å². The molecule has 1 rings (SSSR count). The molecule has 20 heavy (non-hydrogen) atoms. The van der Waals surface area contributed by atoms with Crippen molar-refractivity contribution in [2.45, 2.75) is 32.9 Å². The molecule has 0 bridgehead atoms. The Morgan fingerprint density at radius 3 is 2.80 bits per heavy atom. The van der Waals surface area contributed by atoms with E-state index < -0.39 is 0 Å². The van der Waals surface area contributed by atoms with E-state index in [1.807, 2.05) is 18.7 Å². The van der Waals surface area contributed by atoms with Gasteiger partial charge in [-0.1, -0.05) is 6.08 Å². The molecule has 6 nitrogen and oxygen atoms in total. The monoisotopic (exact) mass is 284 g/mol. The molecule has 1 unspecified atom stereocenters. The second-order valence-corrected chi connectivity index (χ2v) is 5.13. The van der Waals surface area contributed by atoms with Gasteiger partial charge in [0.25, 0.3) is 0 Å². The highest BCUT2D eigenvalue weighted by Crippen LogP contribution is 2.09. The Hall–Kier alpha value is -1.40. The molecular formula is C14H24N2O4. The summed E-state index contributed by atoms with van der Waals surface area (Å²) < 4.78 is 10.0. The fraction of sp³-hybridized carbons (Fsp3) is 0.714. The molecule has 1 fully saturated rings. The number of carbonyl (C=O) groups is 2. The van der Waals surface area contributed by atoms with E-state index in [-0.39, 0.29) is 24.0 Å². The molecule has 0 radical (unpaired) electrons. The second kappa shape index (κ2) is 8.01.